The van der Waals surface area contributed by atoms with E-state index in [0.29, 0.717) is 11.1 Å². The van der Waals surface area contributed by atoms with E-state index in [2.05, 4.69) is 0 Å². The lowest BCUT2D eigenvalue weighted by Crippen LogP contribution is -1.93. The molecular weight excluding hydrogens is 306 g/mol. The first-order chi connectivity index (χ1) is 7.84. The zero-order chi connectivity index (χ0) is 13.2. The van der Waals surface area contributed by atoms with Crippen LogP contribution in [0.3, 0.4) is 0 Å². The van der Waals surface area contributed by atoms with E-state index in [1.165, 1.54) is 12.1 Å². The molecule has 0 aliphatic carbocycles. The van der Waals surface area contributed by atoms with Crippen molar-refractivity contribution >= 4 is 57.9 Å². The summed E-state index contributed by atoms with van der Waals surface area (Å²) < 4.78 is 0. The lowest BCUT2D eigenvalue weighted by atomic mass is 10.1. The van der Waals surface area contributed by atoms with E-state index in [1.54, 1.807) is 6.92 Å². The summed E-state index contributed by atoms with van der Waals surface area (Å²) in [5, 5.41) is 9.68. The van der Waals surface area contributed by atoms with Crippen LogP contribution < -0.4 is 0 Å². The Hall–Kier alpha value is -0.410. The zero-order valence-corrected chi connectivity index (χ0v) is 11.8. The molecule has 0 spiro atoms. The van der Waals surface area contributed by atoms with Gasteiger partial charge in [0.1, 0.15) is 0 Å². The summed E-state index contributed by atoms with van der Waals surface area (Å²) in [7, 11) is 0. The first-order valence-electron chi connectivity index (χ1n) is 4.56. The van der Waals surface area contributed by atoms with Crippen molar-refractivity contribution in [2.75, 3.05) is 0 Å². The molecule has 6 heteroatoms. The minimum absolute atomic E-state index is 0.122. The maximum Gasteiger partial charge on any atom is 0.307 e. The minimum Gasteiger partial charge on any atom is -0.481 e. The lowest BCUT2D eigenvalue weighted by molar-refractivity contribution is -0.135. The Kier molecular flexibility index (Phi) is 5.14. The van der Waals surface area contributed by atoms with Crippen LogP contribution in [0.25, 0.3) is 5.57 Å². The SMILES string of the molecule is C/C(=C\CC(=O)O)c1c(Cl)c(Cl)cc(Cl)c1Cl. The molecule has 0 amide bonds. The Morgan fingerprint density at radius 2 is 1.71 bits per heavy atom. The molecule has 17 heavy (non-hydrogen) atoms. The van der Waals surface area contributed by atoms with Crippen LogP contribution in [0.1, 0.15) is 18.9 Å². The standard InChI is InChI=1S/C11H8Cl4O2/c1-5(2-3-8(16)17)9-10(14)6(12)4-7(13)11(9)15/h2,4H,3H2,1H3,(H,16,17)/b5-2+. The van der Waals surface area contributed by atoms with Crippen LogP contribution in [0.4, 0.5) is 0 Å². The maximum atomic E-state index is 10.5. The summed E-state index contributed by atoms with van der Waals surface area (Å²) in [4.78, 5) is 10.5. The summed E-state index contributed by atoms with van der Waals surface area (Å²) in [5.41, 5.74) is 1.08. The maximum absolute atomic E-state index is 10.5. The van der Waals surface area contributed by atoms with Crippen molar-refractivity contribution in [1.29, 1.82) is 0 Å². The number of benzene rings is 1. The van der Waals surface area contributed by atoms with Crippen LogP contribution in [0.5, 0.6) is 0 Å². The molecule has 0 aliphatic heterocycles. The summed E-state index contributed by atoms with van der Waals surface area (Å²) in [5.74, 6) is -0.940. The molecule has 1 N–H and O–H groups in total. The predicted octanol–water partition coefficient (Wildman–Crippen LogP) is 5.18. The third-order valence-corrected chi connectivity index (χ3v) is 3.66. The van der Waals surface area contributed by atoms with Gasteiger partial charge in [-0.1, -0.05) is 52.5 Å². The molecule has 0 radical (unpaired) electrons. The van der Waals surface area contributed by atoms with Crippen molar-refractivity contribution in [3.05, 3.63) is 37.8 Å². The summed E-state index contributed by atoms with van der Waals surface area (Å²) >= 11 is 23.8. The quantitative estimate of drug-likeness (QED) is 0.781. The smallest absolute Gasteiger partial charge is 0.307 e. The molecule has 1 aromatic rings. The number of hydrogen-bond donors (Lipinski definition) is 1. The third kappa shape index (κ3) is 3.52. The molecular formula is C11H8Cl4O2. The average molecular weight is 314 g/mol. The van der Waals surface area contributed by atoms with Gasteiger partial charge in [0, 0.05) is 5.56 Å². The Morgan fingerprint density at radius 1 is 1.24 bits per heavy atom. The molecule has 92 valence electrons. The van der Waals surface area contributed by atoms with Crippen LogP contribution in [0.15, 0.2) is 12.1 Å². The average Bonchev–Trinajstić information content (AvgIpc) is 2.24. The molecule has 1 rings (SSSR count). The number of halogens is 4. The summed E-state index contributed by atoms with van der Waals surface area (Å²) in [6, 6.07) is 1.45. The Bertz CT molecular complexity index is 468. The Morgan fingerprint density at radius 3 is 2.12 bits per heavy atom. The highest BCUT2D eigenvalue weighted by Gasteiger charge is 2.15. The highest BCUT2D eigenvalue weighted by molar-refractivity contribution is 6.48. The molecule has 0 saturated heterocycles. The molecule has 0 unspecified atom stereocenters. The van der Waals surface area contributed by atoms with Gasteiger partial charge in [0.05, 0.1) is 26.5 Å². The van der Waals surface area contributed by atoms with Crippen LogP contribution in [-0.4, -0.2) is 11.1 Å². The van der Waals surface area contributed by atoms with E-state index >= 15 is 0 Å². The molecule has 1 aromatic carbocycles. The van der Waals surface area contributed by atoms with Crippen molar-refractivity contribution in [2.24, 2.45) is 0 Å². The van der Waals surface area contributed by atoms with Crippen LogP contribution in [0.2, 0.25) is 20.1 Å². The monoisotopic (exact) mass is 312 g/mol. The van der Waals surface area contributed by atoms with E-state index in [9.17, 15) is 4.79 Å². The molecule has 0 aliphatic rings. The van der Waals surface area contributed by atoms with Crippen molar-refractivity contribution in [3.63, 3.8) is 0 Å². The van der Waals surface area contributed by atoms with Crippen LogP contribution in [-0.2, 0) is 4.79 Å². The number of hydrogen-bond acceptors (Lipinski definition) is 1. The van der Waals surface area contributed by atoms with Gasteiger partial charge in [0.15, 0.2) is 0 Å². The molecule has 0 atom stereocenters. The number of aliphatic carboxylic acids is 1. The highest BCUT2D eigenvalue weighted by atomic mass is 35.5. The fourth-order valence-electron chi connectivity index (χ4n) is 1.26. The number of carboxylic acid groups (broad SMARTS) is 1. The first-order valence-corrected chi connectivity index (χ1v) is 6.07. The van der Waals surface area contributed by atoms with Gasteiger partial charge in [-0.15, -0.1) is 0 Å². The van der Waals surface area contributed by atoms with Gasteiger partial charge < -0.3 is 5.11 Å². The highest BCUT2D eigenvalue weighted by Crippen LogP contribution is 2.40. The molecule has 0 heterocycles. The second kappa shape index (κ2) is 5.96. The largest absolute Gasteiger partial charge is 0.481 e. The normalized spacial score (nSPS) is 11.7. The van der Waals surface area contributed by atoms with Gasteiger partial charge in [-0.25, -0.2) is 0 Å². The van der Waals surface area contributed by atoms with Crippen molar-refractivity contribution in [2.45, 2.75) is 13.3 Å². The second-order valence-corrected chi connectivity index (χ2v) is 4.90. The van der Waals surface area contributed by atoms with Gasteiger partial charge in [0.2, 0.25) is 0 Å². The number of allylic oxidation sites excluding steroid dienone is 1. The zero-order valence-electron chi connectivity index (χ0n) is 8.73. The third-order valence-electron chi connectivity index (χ3n) is 2.09. The fourth-order valence-corrected chi connectivity index (χ4v) is 2.37. The van der Waals surface area contributed by atoms with E-state index in [1.807, 2.05) is 0 Å². The molecule has 0 bridgehead atoms. The molecule has 0 fully saturated rings. The summed E-state index contributed by atoms with van der Waals surface area (Å²) in [6.45, 7) is 1.70. The van der Waals surface area contributed by atoms with Gasteiger partial charge >= 0.3 is 5.97 Å². The van der Waals surface area contributed by atoms with Crippen LogP contribution in [0, 0.1) is 0 Å². The van der Waals surface area contributed by atoms with Gasteiger partial charge in [-0.3, -0.25) is 4.79 Å². The topological polar surface area (TPSA) is 37.3 Å². The van der Waals surface area contributed by atoms with Gasteiger partial charge in [-0.2, -0.15) is 0 Å². The van der Waals surface area contributed by atoms with Crippen LogP contribution >= 0.6 is 46.4 Å². The fraction of sp³-hybridized carbons (Fsp3) is 0.182. The van der Waals surface area contributed by atoms with E-state index in [-0.39, 0.29) is 26.5 Å². The summed E-state index contributed by atoms with van der Waals surface area (Å²) in [6.07, 6.45) is 1.38. The predicted molar refractivity (Wildman–Crippen MR) is 72.4 cm³/mol. The number of carbonyl (C=O) groups is 1. The lowest BCUT2D eigenvalue weighted by Gasteiger charge is -2.10. The van der Waals surface area contributed by atoms with Crippen molar-refractivity contribution in [1.82, 2.24) is 0 Å². The van der Waals surface area contributed by atoms with E-state index in [0.717, 1.165) is 0 Å². The van der Waals surface area contributed by atoms with E-state index in [4.69, 9.17) is 51.5 Å². The first kappa shape index (κ1) is 14.7. The van der Waals surface area contributed by atoms with E-state index < -0.39 is 5.97 Å². The number of carboxylic acids is 1. The second-order valence-electron chi connectivity index (χ2n) is 3.33. The molecule has 0 saturated carbocycles. The van der Waals surface area contributed by atoms with Gasteiger partial charge in [0.25, 0.3) is 0 Å². The minimum atomic E-state index is -0.940. The Balaban J connectivity index is 3.30. The number of rotatable bonds is 3. The molecule has 2 nitrogen and oxygen atoms in total. The molecule has 0 aromatic heterocycles. The van der Waals surface area contributed by atoms with Crippen molar-refractivity contribution in [3.8, 4) is 0 Å². The van der Waals surface area contributed by atoms with Crippen molar-refractivity contribution < 1.29 is 9.90 Å². The Labute approximate surface area is 119 Å². The van der Waals surface area contributed by atoms with Gasteiger partial charge in [-0.05, 0) is 18.6 Å².